The summed E-state index contributed by atoms with van der Waals surface area (Å²) >= 11 is 0. The molecule has 106 valence electrons. The van der Waals surface area contributed by atoms with Crippen molar-refractivity contribution in [2.45, 2.75) is 31.3 Å². The van der Waals surface area contributed by atoms with E-state index in [0.29, 0.717) is 25.7 Å². The molecule has 1 amide bonds. The van der Waals surface area contributed by atoms with E-state index in [1.807, 2.05) is 0 Å². The molecule has 1 saturated heterocycles. The molecule has 3 fully saturated rings. The molecule has 0 aromatic carbocycles. The maximum Gasteiger partial charge on any atom is 0.308 e. The van der Waals surface area contributed by atoms with E-state index in [1.165, 1.54) is 0 Å². The van der Waals surface area contributed by atoms with Crippen molar-refractivity contribution in [3.63, 3.8) is 0 Å². The van der Waals surface area contributed by atoms with Crippen molar-refractivity contribution >= 4 is 11.9 Å². The number of carbonyl (C=O) groups is 2. The Morgan fingerprint density at radius 3 is 2.74 bits per heavy atom. The number of aliphatic carboxylic acids is 1. The van der Waals surface area contributed by atoms with Crippen LogP contribution in [0.1, 0.15) is 19.3 Å². The van der Waals surface area contributed by atoms with Crippen LogP contribution in [0.4, 0.5) is 0 Å². The molecule has 5 unspecified atom stereocenters. The molecule has 6 nitrogen and oxygen atoms in total. The lowest BCUT2D eigenvalue weighted by Crippen LogP contribution is -2.56. The monoisotopic (exact) mass is 268 g/mol. The highest BCUT2D eigenvalue weighted by atomic mass is 16.5. The van der Waals surface area contributed by atoms with Gasteiger partial charge in [0.25, 0.3) is 0 Å². The third-order valence-electron chi connectivity index (χ3n) is 4.75. The first kappa shape index (κ1) is 12.9. The van der Waals surface area contributed by atoms with Crippen molar-refractivity contribution < 1.29 is 19.4 Å². The topological polar surface area (TPSA) is 87.7 Å². The molecule has 0 radical (unpaired) electrons. The van der Waals surface area contributed by atoms with Crippen molar-refractivity contribution in [1.29, 1.82) is 0 Å². The van der Waals surface area contributed by atoms with E-state index in [1.54, 1.807) is 0 Å². The van der Waals surface area contributed by atoms with Crippen LogP contribution < -0.4 is 10.6 Å². The van der Waals surface area contributed by atoms with Gasteiger partial charge in [0.2, 0.25) is 5.91 Å². The van der Waals surface area contributed by atoms with Gasteiger partial charge >= 0.3 is 5.97 Å². The maximum absolute atomic E-state index is 12.2. The van der Waals surface area contributed by atoms with Crippen molar-refractivity contribution in [1.82, 2.24) is 10.6 Å². The van der Waals surface area contributed by atoms with Crippen LogP contribution in [-0.4, -0.2) is 48.8 Å². The van der Waals surface area contributed by atoms with Gasteiger partial charge < -0.3 is 20.5 Å². The molecule has 0 aromatic heterocycles. The molecule has 0 aromatic rings. The minimum Gasteiger partial charge on any atom is -0.481 e. The smallest absolute Gasteiger partial charge is 0.308 e. The molecule has 6 heteroatoms. The second-order valence-corrected chi connectivity index (χ2v) is 5.81. The first-order chi connectivity index (χ1) is 9.16. The summed E-state index contributed by atoms with van der Waals surface area (Å²) in [6.45, 7) is 1.65. The zero-order valence-corrected chi connectivity index (χ0v) is 10.8. The molecular weight excluding hydrogens is 248 g/mol. The van der Waals surface area contributed by atoms with Crippen LogP contribution in [0.3, 0.4) is 0 Å². The summed E-state index contributed by atoms with van der Waals surface area (Å²) in [7, 11) is 0. The second kappa shape index (κ2) is 5.09. The van der Waals surface area contributed by atoms with E-state index in [-0.39, 0.29) is 23.9 Å². The van der Waals surface area contributed by atoms with Crippen molar-refractivity contribution in [2.75, 3.05) is 19.8 Å². The van der Waals surface area contributed by atoms with Crippen molar-refractivity contribution in [3.8, 4) is 0 Å². The van der Waals surface area contributed by atoms with Gasteiger partial charge in [0.05, 0.1) is 19.1 Å². The average Bonchev–Trinajstić information content (AvgIpc) is 3.00. The van der Waals surface area contributed by atoms with E-state index >= 15 is 0 Å². The number of ether oxygens (including phenoxy) is 1. The van der Waals surface area contributed by atoms with Crippen LogP contribution in [0.5, 0.6) is 0 Å². The summed E-state index contributed by atoms with van der Waals surface area (Å²) in [5, 5.41) is 15.4. The Hall–Kier alpha value is -1.14. The molecule has 2 aliphatic carbocycles. The summed E-state index contributed by atoms with van der Waals surface area (Å²) in [4.78, 5) is 23.5. The average molecular weight is 268 g/mol. The number of carboxylic acid groups (broad SMARTS) is 1. The van der Waals surface area contributed by atoms with Gasteiger partial charge in [-0.1, -0.05) is 0 Å². The van der Waals surface area contributed by atoms with Gasteiger partial charge in [-0.05, 0) is 31.1 Å². The van der Waals surface area contributed by atoms with Crippen LogP contribution in [0.15, 0.2) is 0 Å². The van der Waals surface area contributed by atoms with E-state index in [9.17, 15) is 14.7 Å². The number of rotatable bonds is 3. The van der Waals surface area contributed by atoms with E-state index in [0.717, 1.165) is 19.3 Å². The third kappa shape index (κ3) is 2.34. The Balaban J connectivity index is 1.64. The van der Waals surface area contributed by atoms with E-state index in [4.69, 9.17) is 4.74 Å². The summed E-state index contributed by atoms with van der Waals surface area (Å²) in [5.41, 5.74) is 0. The van der Waals surface area contributed by atoms with Crippen LogP contribution in [-0.2, 0) is 14.3 Å². The summed E-state index contributed by atoms with van der Waals surface area (Å²) in [6, 6.07) is -0.546. The van der Waals surface area contributed by atoms with Crippen LogP contribution >= 0.6 is 0 Å². The molecule has 1 heterocycles. The number of morpholine rings is 1. The highest BCUT2D eigenvalue weighted by Gasteiger charge is 2.51. The third-order valence-corrected chi connectivity index (χ3v) is 4.75. The molecule has 19 heavy (non-hydrogen) atoms. The highest BCUT2D eigenvalue weighted by Crippen LogP contribution is 2.48. The quantitative estimate of drug-likeness (QED) is 0.647. The van der Waals surface area contributed by atoms with E-state index < -0.39 is 11.9 Å². The molecular formula is C13H20N2O4. The number of hydrogen-bond acceptors (Lipinski definition) is 4. The molecule has 3 aliphatic rings. The van der Waals surface area contributed by atoms with Crippen LogP contribution in [0, 0.1) is 17.8 Å². The predicted octanol–water partition coefficient (Wildman–Crippen LogP) is -0.410. The van der Waals surface area contributed by atoms with Crippen LogP contribution in [0.2, 0.25) is 0 Å². The molecule has 3 N–H and O–H groups in total. The number of amides is 1. The fraction of sp³-hybridized carbons (Fsp3) is 0.846. The number of hydrogen-bond donors (Lipinski definition) is 3. The molecule has 0 spiro atoms. The standard InChI is InChI=1S/C13H20N2O4/c16-12(9-6-19-4-3-14-9)15-11-8-2-1-7(5-8)10(11)13(17)18/h7-11,14H,1-6H2,(H,15,16)(H,17,18). The Morgan fingerprint density at radius 2 is 2.05 bits per heavy atom. The molecule has 2 saturated carbocycles. The molecule has 3 rings (SSSR count). The minimum absolute atomic E-state index is 0.122. The Kier molecular flexibility index (Phi) is 3.45. The van der Waals surface area contributed by atoms with Gasteiger partial charge in [-0.15, -0.1) is 0 Å². The molecule has 5 atom stereocenters. The fourth-order valence-electron chi connectivity index (χ4n) is 3.85. The predicted molar refractivity (Wildman–Crippen MR) is 66.5 cm³/mol. The van der Waals surface area contributed by atoms with Crippen LogP contribution in [0.25, 0.3) is 0 Å². The van der Waals surface area contributed by atoms with E-state index in [2.05, 4.69) is 10.6 Å². The lowest BCUT2D eigenvalue weighted by Gasteiger charge is -2.31. The lowest BCUT2D eigenvalue weighted by molar-refractivity contribution is -0.145. The Bertz CT molecular complexity index is 381. The first-order valence-corrected chi connectivity index (χ1v) is 7.01. The minimum atomic E-state index is -0.773. The SMILES string of the molecule is O=C(NC1C2CCC(C2)C1C(=O)O)C1COCCN1. The Morgan fingerprint density at radius 1 is 1.26 bits per heavy atom. The highest BCUT2D eigenvalue weighted by molar-refractivity contribution is 5.83. The maximum atomic E-state index is 12.2. The number of carbonyl (C=O) groups excluding carboxylic acids is 1. The normalized spacial score (nSPS) is 41.2. The number of nitrogens with one attached hydrogen (secondary N) is 2. The molecule has 2 bridgehead atoms. The van der Waals surface area contributed by atoms with Gasteiger partial charge in [0.1, 0.15) is 6.04 Å². The Labute approximate surface area is 111 Å². The van der Waals surface area contributed by atoms with Crippen molar-refractivity contribution in [3.05, 3.63) is 0 Å². The zero-order valence-electron chi connectivity index (χ0n) is 10.8. The van der Waals surface area contributed by atoms with Gasteiger partial charge in [0, 0.05) is 12.6 Å². The number of fused-ring (bicyclic) bond motifs is 2. The lowest BCUT2D eigenvalue weighted by atomic mass is 9.84. The number of carboxylic acids is 1. The van der Waals surface area contributed by atoms with Crippen molar-refractivity contribution in [2.24, 2.45) is 17.8 Å². The summed E-state index contributed by atoms with van der Waals surface area (Å²) < 4.78 is 5.26. The first-order valence-electron chi connectivity index (χ1n) is 7.01. The molecule has 1 aliphatic heterocycles. The summed E-state index contributed by atoms with van der Waals surface area (Å²) in [5.74, 6) is -0.732. The van der Waals surface area contributed by atoms with Gasteiger partial charge in [-0.3, -0.25) is 9.59 Å². The fourth-order valence-corrected chi connectivity index (χ4v) is 3.85. The summed E-state index contributed by atoms with van der Waals surface area (Å²) in [6.07, 6.45) is 2.96. The van der Waals surface area contributed by atoms with Gasteiger partial charge in [0.15, 0.2) is 0 Å². The van der Waals surface area contributed by atoms with Gasteiger partial charge in [-0.25, -0.2) is 0 Å². The second-order valence-electron chi connectivity index (χ2n) is 5.81. The zero-order chi connectivity index (χ0) is 13.4. The van der Waals surface area contributed by atoms with Gasteiger partial charge in [-0.2, -0.15) is 0 Å². The largest absolute Gasteiger partial charge is 0.481 e.